The average molecular weight is 277 g/mol. The van der Waals surface area contributed by atoms with Gasteiger partial charge in [-0.05, 0) is 49.7 Å². The summed E-state index contributed by atoms with van der Waals surface area (Å²) in [5, 5.41) is 12.0. The van der Waals surface area contributed by atoms with Gasteiger partial charge >= 0.3 is 0 Å². The van der Waals surface area contributed by atoms with Crippen molar-refractivity contribution in [2.75, 3.05) is 6.54 Å². The van der Waals surface area contributed by atoms with Crippen molar-refractivity contribution in [3.8, 4) is 0 Å². The van der Waals surface area contributed by atoms with Crippen LogP contribution in [-0.2, 0) is 6.54 Å². The van der Waals surface area contributed by atoms with Crippen LogP contribution in [0.1, 0.15) is 30.3 Å². The summed E-state index contributed by atoms with van der Waals surface area (Å²) in [5.74, 6) is 0.820. The molecule has 0 aliphatic carbocycles. The molecule has 0 amide bonds. The Bertz CT molecular complexity index is 538. The molecule has 6 heteroatoms. The van der Waals surface area contributed by atoms with Crippen LogP contribution in [0.4, 0.5) is 0 Å². The number of aromatic nitrogens is 4. The minimum absolute atomic E-state index is 0.713. The molecule has 0 fully saturated rings. The molecule has 2 heterocycles. The van der Waals surface area contributed by atoms with Crippen LogP contribution in [0.25, 0.3) is 0 Å². The van der Waals surface area contributed by atoms with Gasteiger partial charge in [-0.15, -0.1) is 5.10 Å². The van der Waals surface area contributed by atoms with Gasteiger partial charge in [-0.1, -0.05) is 13.0 Å². The Morgan fingerprint density at radius 1 is 1.37 bits per heavy atom. The van der Waals surface area contributed by atoms with Gasteiger partial charge in [0.15, 0.2) is 0 Å². The first-order valence-corrected chi connectivity index (χ1v) is 7.23. The highest BCUT2D eigenvalue weighted by atomic mass is 32.2. The molecule has 0 atom stereocenters. The fraction of sp³-hybridized carbons (Fsp3) is 0.462. The fourth-order valence-corrected chi connectivity index (χ4v) is 2.46. The summed E-state index contributed by atoms with van der Waals surface area (Å²) in [6, 6.07) is 2.16. The summed E-state index contributed by atoms with van der Waals surface area (Å²) in [6.07, 6.45) is 3.06. The third-order valence-electron chi connectivity index (χ3n) is 2.61. The lowest BCUT2D eigenvalue weighted by atomic mass is 10.2. The van der Waals surface area contributed by atoms with Crippen molar-refractivity contribution in [2.45, 2.75) is 43.9 Å². The molecule has 2 N–H and O–H groups in total. The van der Waals surface area contributed by atoms with Gasteiger partial charge in [-0.25, -0.2) is 9.97 Å². The topological polar surface area (TPSA) is 66.5 Å². The summed E-state index contributed by atoms with van der Waals surface area (Å²) in [7, 11) is 0. The van der Waals surface area contributed by atoms with E-state index < -0.39 is 0 Å². The zero-order chi connectivity index (χ0) is 13.7. The second-order valence-corrected chi connectivity index (χ2v) is 5.40. The van der Waals surface area contributed by atoms with E-state index in [1.54, 1.807) is 0 Å². The second kappa shape index (κ2) is 6.68. The highest BCUT2D eigenvalue weighted by Gasteiger charge is 2.07. The molecule has 0 unspecified atom stereocenters. The average Bonchev–Trinajstić information content (AvgIpc) is 2.79. The van der Waals surface area contributed by atoms with Crippen LogP contribution in [0.5, 0.6) is 0 Å². The lowest BCUT2D eigenvalue weighted by Crippen LogP contribution is -2.14. The van der Waals surface area contributed by atoms with E-state index >= 15 is 0 Å². The highest BCUT2D eigenvalue weighted by Crippen LogP contribution is 2.25. The molecule has 0 aromatic carbocycles. The molecule has 0 saturated heterocycles. The van der Waals surface area contributed by atoms with Crippen molar-refractivity contribution in [1.82, 2.24) is 25.5 Å². The summed E-state index contributed by atoms with van der Waals surface area (Å²) in [5.41, 5.74) is 2.37. The largest absolute Gasteiger partial charge is 0.313 e. The number of hydrogen-bond acceptors (Lipinski definition) is 5. The first-order chi connectivity index (χ1) is 9.19. The van der Waals surface area contributed by atoms with Crippen LogP contribution in [0.15, 0.2) is 22.4 Å². The Balaban J connectivity index is 2.02. The Morgan fingerprint density at radius 2 is 2.21 bits per heavy atom. The number of aromatic amines is 1. The minimum atomic E-state index is 0.713. The summed E-state index contributed by atoms with van der Waals surface area (Å²) in [6.45, 7) is 8.02. The van der Waals surface area contributed by atoms with Gasteiger partial charge in [0.25, 0.3) is 0 Å². The van der Waals surface area contributed by atoms with Crippen LogP contribution >= 0.6 is 11.8 Å². The van der Waals surface area contributed by atoms with Gasteiger partial charge in [0, 0.05) is 12.7 Å². The first-order valence-electron chi connectivity index (χ1n) is 6.42. The van der Waals surface area contributed by atoms with Crippen molar-refractivity contribution in [1.29, 1.82) is 0 Å². The highest BCUT2D eigenvalue weighted by molar-refractivity contribution is 7.99. The van der Waals surface area contributed by atoms with E-state index in [0.717, 1.165) is 35.9 Å². The SMILES string of the molecule is CCCNCc1cnc(Sc2n[nH]c(C)n2)c(C)c1. The third kappa shape index (κ3) is 4.04. The zero-order valence-corrected chi connectivity index (χ0v) is 12.3. The van der Waals surface area contributed by atoms with E-state index in [4.69, 9.17) is 0 Å². The molecule has 0 radical (unpaired) electrons. The van der Waals surface area contributed by atoms with Gasteiger partial charge < -0.3 is 5.32 Å². The lowest BCUT2D eigenvalue weighted by Gasteiger charge is -2.06. The third-order valence-corrected chi connectivity index (χ3v) is 3.59. The summed E-state index contributed by atoms with van der Waals surface area (Å²) >= 11 is 1.49. The van der Waals surface area contributed by atoms with Crippen LogP contribution < -0.4 is 5.32 Å². The maximum absolute atomic E-state index is 4.49. The first kappa shape index (κ1) is 14.0. The minimum Gasteiger partial charge on any atom is -0.313 e. The molecule has 0 aliphatic rings. The zero-order valence-electron chi connectivity index (χ0n) is 11.5. The molecule has 2 aromatic rings. The van der Waals surface area contributed by atoms with Crippen molar-refractivity contribution in [3.05, 3.63) is 29.2 Å². The molecule has 0 saturated carbocycles. The molecule has 2 rings (SSSR count). The number of hydrogen-bond donors (Lipinski definition) is 2. The normalized spacial score (nSPS) is 10.9. The van der Waals surface area contributed by atoms with E-state index in [-0.39, 0.29) is 0 Å². The smallest absolute Gasteiger partial charge is 0.214 e. The Morgan fingerprint density at radius 3 is 2.84 bits per heavy atom. The van der Waals surface area contributed by atoms with E-state index in [1.165, 1.54) is 17.3 Å². The Kier molecular flexibility index (Phi) is 4.93. The maximum Gasteiger partial charge on any atom is 0.214 e. The van der Waals surface area contributed by atoms with E-state index in [0.29, 0.717) is 5.16 Å². The standard InChI is InChI=1S/C13H19N5S/c1-4-5-14-7-11-6-9(2)12(15-8-11)19-13-16-10(3)17-18-13/h6,8,14H,4-5,7H2,1-3H3,(H,16,17,18). The molecule has 102 valence electrons. The predicted octanol–water partition coefficient (Wildman–Crippen LogP) is 2.47. The van der Waals surface area contributed by atoms with Crippen molar-refractivity contribution >= 4 is 11.8 Å². The number of rotatable bonds is 6. The van der Waals surface area contributed by atoms with E-state index in [2.05, 4.69) is 45.4 Å². The molecule has 0 spiro atoms. The molecule has 2 aromatic heterocycles. The molecule has 0 bridgehead atoms. The van der Waals surface area contributed by atoms with Crippen molar-refractivity contribution in [3.63, 3.8) is 0 Å². The molecule has 19 heavy (non-hydrogen) atoms. The van der Waals surface area contributed by atoms with Crippen molar-refractivity contribution < 1.29 is 0 Å². The predicted molar refractivity (Wildman–Crippen MR) is 76.2 cm³/mol. The molecular formula is C13H19N5S. The van der Waals surface area contributed by atoms with Gasteiger partial charge in [0.05, 0.1) is 0 Å². The molecular weight excluding hydrogens is 258 g/mol. The molecule has 5 nitrogen and oxygen atoms in total. The number of H-pyrrole nitrogens is 1. The fourth-order valence-electron chi connectivity index (χ4n) is 1.69. The Hall–Kier alpha value is -1.40. The monoisotopic (exact) mass is 277 g/mol. The van der Waals surface area contributed by atoms with E-state index in [1.807, 2.05) is 13.1 Å². The Labute approximate surface area is 117 Å². The van der Waals surface area contributed by atoms with Gasteiger partial charge in [-0.3, -0.25) is 5.10 Å². The number of nitrogens with zero attached hydrogens (tertiary/aromatic N) is 3. The van der Waals surface area contributed by atoms with E-state index in [9.17, 15) is 0 Å². The van der Waals surface area contributed by atoms with Crippen LogP contribution in [0, 0.1) is 13.8 Å². The molecule has 0 aliphatic heterocycles. The number of pyridine rings is 1. The quantitative estimate of drug-likeness (QED) is 0.794. The number of nitrogens with one attached hydrogen (secondary N) is 2. The van der Waals surface area contributed by atoms with Crippen LogP contribution in [-0.4, -0.2) is 26.7 Å². The van der Waals surface area contributed by atoms with Crippen LogP contribution in [0.2, 0.25) is 0 Å². The number of aryl methyl sites for hydroxylation is 2. The van der Waals surface area contributed by atoms with Crippen molar-refractivity contribution in [2.24, 2.45) is 0 Å². The van der Waals surface area contributed by atoms with Gasteiger partial charge in [-0.2, -0.15) is 0 Å². The van der Waals surface area contributed by atoms with Crippen LogP contribution in [0.3, 0.4) is 0 Å². The van der Waals surface area contributed by atoms with Gasteiger partial charge in [0.1, 0.15) is 10.9 Å². The maximum atomic E-state index is 4.49. The lowest BCUT2D eigenvalue weighted by molar-refractivity contribution is 0.672. The summed E-state index contributed by atoms with van der Waals surface area (Å²) < 4.78 is 0. The second-order valence-electron chi connectivity index (χ2n) is 4.45. The van der Waals surface area contributed by atoms with Gasteiger partial charge in [0.2, 0.25) is 5.16 Å². The summed E-state index contributed by atoms with van der Waals surface area (Å²) in [4.78, 5) is 8.76.